The molecule has 0 spiro atoms. The summed E-state index contributed by atoms with van der Waals surface area (Å²) in [7, 11) is 1.66. The average Bonchev–Trinajstić information content (AvgIpc) is 3.09. The van der Waals surface area contributed by atoms with Crippen LogP contribution in [0.15, 0.2) is 42.5 Å². The van der Waals surface area contributed by atoms with E-state index in [0.29, 0.717) is 19.7 Å². The van der Waals surface area contributed by atoms with E-state index in [4.69, 9.17) is 14.2 Å². The zero-order valence-electron chi connectivity index (χ0n) is 14.2. The van der Waals surface area contributed by atoms with Crippen molar-refractivity contribution < 1.29 is 19.0 Å². The van der Waals surface area contributed by atoms with Gasteiger partial charge in [0.25, 0.3) is 0 Å². The van der Waals surface area contributed by atoms with E-state index in [1.54, 1.807) is 7.11 Å². The largest absolute Gasteiger partial charge is 0.454 e. The lowest BCUT2D eigenvalue weighted by Crippen LogP contribution is -2.36. The van der Waals surface area contributed by atoms with Gasteiger partial charge in [-0.25, -0.2) is 4.79 Å². The van der Waals surface area contributed by atoms with Gasteiger partial charge in [-0.3, -0.25) is 0 Å². The number of carbonyl (C=O) groups is 1. The minimum atomic E-state index is -0.187. The van der Waals surface area contributed by atoms with E-state index in [2.05, 4.69) is 10.6 Å². The molecule has 1 aliphatic heterocycles. The Bertz CT molecular complexity index is 733. The second-order valence-corrected chi connectivity index (χ2v) is 5.75. The topological polar surface area (TPSA) is 68.8 Å². The first kappa shape index (κ1) is 17.1. The van der Waals surface area contributed by atoms with E-state index in [1.165, 1.54) is 0 Å². The SMILES string of the molecule is COCc1ccccc1CNC(=O)NCCc1ccc2c(c1)OCO2. The lowest BCUT2D eigenvalue weighted by atomic mass is 10.1. The molecule has 25 heavy (non-hydrogen) atoms. The Morgan fingerprint density at radius 1 is 1.08 bits per heavy atom. The normalized spacial score (nSPS) is 12.0. The standard InChI is InChI=1S/C19H22N2O4/c1-23-12-16-5-3-2-4-15(16)11-21-19(22)20-9-8-14-6-7-17-18(10-14)25-13-24-17/h2-7,10H,8-9,11-13H2,1H3,(H2,20,21,22). The Labute approximate surface area is 147 Å². The van der Waals surface area contributed by atoms with Gasteiger partial charge in [0.2, 0.25) is 6.79 Å². The van der Waals surface area contributed by atoms with E-state index < -0.39 is 0 Å². The molecular weight excluding hydrogens is 320 g/mol. The van der Waals surface area contributed by atoms with Crippen LogP contribution in [-0.2, 0) is 24.3 Å². The second kappa shape index (κ2) is 8.39. The van der Waals surface area contributed by atoms with Crippen LogP contribution in [0.2, 0.25) is 0 Å². The summed E-state index contributed by atoms with van der Waals surface area (Å²) < 4.78 is 15.8. The molecule has 2 N–H and O–H groups in total. The molecule has 0 saturated heterocycles. The van der Waals surface area contributed by atoms with E-state index in [9.17, 15) is 4.79 Å². The highest BCUT2D eigenvalue weighted by molar-refractivity contribution is 5.73. The third-order valence-electron chi connectivity index (χ3n) is 3.99. The van der Waals surface area contributed by atoms with Crippen LogP contribution in [0, 0.1) is 0 Å². The summed E-state index contributed by atoms with van der Waals surface area (Å²) in [5, 5.41) is 5.74. The Morgan fingerprint density at radius 3 is 2.72 bits per heavy atom. The summed E-state index contributed by atoms with van der Waals surface area (Å²) >= 11 is 0. The van der Waals surface area contributed by atoms with Crippen LogP contribution in [0.4, 0.5) is 4.79 Å². The highest BCUT2D eigenvalue weighted by Crippen LogP contribution is 2.32. The molecule has 2 amide bonds. The number of amides is 2. The minimum Gasteiger partial charge on any atom is -0.454 e. The summed E-state index contributed by atoms with van der Waals surface area (Å²) in [4.78, 5) is 12.0. The molecule has 0 fully saturated rings. The maximum absolute atomic E-state index is 12.0. The zero-order valence-corrected chi connectivity index (χ0v) is 14.2. The molecule has 6 nitrogen and oxygen atoms in total. The number of rotatable bonds is 7. The molecule has 0 atom stereocenters. The lowest BCUT2D eigenvalue weighted by molar-refractivity contribution is 0.174. The van der Waals surface area contributed by atoms with Gasteiger partial charge in [0.1, 0.15) is 0 Å². The van der Waals surface area contributed by atoms with Gasteiger partial charge in [-0.2, -0.15) is 0 Å². The number of ether oxygens (including phenoxy) is 3. The van der Waals surface area contributed by atoms with Gasteiger partial charge in [0.15, 0.2) is 11.5 Å². The number of nitrogens with one attached hydrogen (secondary N) is 2. The first-order valence-corrected chi connectivity index (χ1v) is 8.22. The van der Waals surface area contributed by atoms with Crippen molar-refractivity contribution in [3.8, 4) is 11.5 Å². The van der Waals surface area contributed by atoms with E-state index in [-0.39, 0.29) is 12.8 Å². The molecule has 0 bridgehead atoms. The number of methoxy groups -OCH3 is 1. The fourth-order valence-electron chi connectivity index (χ4n) is 2.68. The minimum absolute atomic E-state index is 0.187. The first-order chi connectivity index (χ1) is 12.3. The predicted molar refractivity (Wildman–Crippen MR) is 93.7 cm³/mol. The van der Waals surface area contributed by atoms with Gasteiger partial charge in [0.05, 0.1) is 6.61 Å². The Balaban J connectivity index is 1.43. The zero-order chi connectivity index (χ0) is 17.5. The highest BCUT2D eigenvalue weighted by atomic mass is 16.7. The number of fused-ring (bicyclic) bond motifs is 1. The monoisotopic (exact) mass is 342 g/mol. The van der Waals surface area contributed by atoms with Crippen molar-refractivity contribution in [1.29, 1.82) is 0 Å². The van der Waals surface area contributed by atoms with Crippen molar-refractivity contribution >= 4 is 6.03 Å². The molecule has 0 aromatic heterocycles. The average molecular weight is 342 g/mol. The van der Waals surface area contributed by atoms with Gasteiger partial charge in [-0.15, -0.1) is 0 Å². The van der Waals surface area contributed by atoms with Crippen LogP contribution in [0.1, 0.15) is 16.7 Å². The van der Waals surface area contributed by atoms with E-state index in [1.807, 2.05) is 42.5 Å². The van der Waals surface area contributed by atoms with E-state index >= 15 is 0 Å². The van der Waals surface area contributed by atoms with Crippen LogP contribution in [-0.4, -0.2) is 26.5 Å². The van der Waals surface area contributed by atoms with Crippen LogP contribution in [0.5, 0.6) is 11.5 Å². The summed E-state index contributed by atoms with van der Waals surface area (Å²) in [5.74, 6) is 1.53. The second-order valence-electron chi connectivity index (χ2n) is 5.75. The quantitative estimate of drug-likeness (QED) is 0.812. The Hall–Kier alpha value is -2.73. The molecule has 2 aromatic rings. The summed E-state index contributed by atoms with van der Waals surface area (Å²) in [6.45, 7) is 1.81. The summed E-state index contributed by atoms with van der Waals surface area (Å²) in [5.41, 5.74) is 3.22. The fourth-order valence-corrected chi connectivity index (χ4v) is 2.68. The van der Waals surface area contributed by atoms with Crippen molar-refractivity contribution in [3.63, 3.8) is 0 Å². The number of benzene rings is 2. The first-order valence-electron chi connectivity index (χ1n) is 8.22. The molecule has 0 saturated carbocycles. The fraction of sp³-hybridized carbons (Fsp3) is 0.316. The maximum atomic E-state index is 12.0. The van der Waals surface area contributed by atoms with E-state index in [0.717, 1.165) is 34.6 Å². The predicted octanol–water partition coefficient (Wildman–Crippen LogP) is 2.60. The Kier molecular flexibility index (Phi) is 5.74. The van der Waals surface area contributed by atoms with Gasteiger partial charge in [0, 0.05) is 20.2 Å². The smallest absolute Gasteiger partial charge is 0.315 e. The molecule has 132 valence electrons. The van der Waals surface area contributed by atoms with Gasteiger partial charge in [-0.05, 0) is 35.2 Å². The van der Waals surface area contributed by atoms with Crippen molar-refractivity contribution in [2.45, 2.75) is 19.6 Å². The van der Waals surface area contributed by atoms with Crippen LogP contribution < -0.4 is 20.1 Å². The lowest BCUT2D eigenvalue weighted by Gasteiger charge is -2.11. The summed E-state index contributed by atoms with van der Waals surface area (Å²) in [6, 6.07) is 13.5. The van der Waals surface area contributed by atoms with Crippen molar-refractivity contribution in [3.05, 3.63) is 59.2 Å². The maximum Gasteiger partial charge on any atom is 0.315 e. The molecular formula is C19H22N2O4. The van der Waals surface area contributed by atoms with Crippen LogP contribution in [0.25, 0.3) is 0 Å². The molecule has 1 heterocycles. The van der Waals surface area contributed by atoms with Gasteiger partial charge in [-0.1, -0.05) is 30.3 Å². The van der Waals surface area contributed by atoms with Crippen molar-refractivity contribution in [1.82, 2.24) is 10.6 Å². The number of hydrogen-bond donors (Lipinski definition) is 2. The van der Waals surface area contributed by atoms with Crippen molar-refractivity contribution in [2.75, 3.05) is 20.4 Å². The Morgan fingerprint density at radius 2 is 1.88 bits per heavy atom. The molecule has 3 rings (SSSR count). The third kappa shape index (κ3) is 4.64. The number of carbonyl (C=O) groups excluding carboxylic acids is 1. The molecule has 2 aromatic carbocycles. The molecule has 1 aliphatic rings. The molecule has 6 heteroatoms. The third-order valence-corrected chi connectivity index (χ3v) is 3.99. The molecule has 0 radical (unpaired) electrons. The number of urea groups is 1. The van der Waals surface area contributed by atoms with Crippen LogP contribution >= 0.6 is 0 Å². The highest BCUT2D eigenvalue weighted by Gasteiger charge is 2.13. The van der Waals surface area contributed by atoms with Crippen LogP contribution in [0.3, 0.4) is 0 Å². The number of hydrogen-bond acceptors (Lipinski definition) is 4. The summed E-state index contributed by atoms with van der Waals surface area (Å²) in [6.07, 6.45) is 0.727. The molecule has 0 aliphatic carbocycles. The van der Waals surface area contributed by atoms with Gasteiger partial charge >= 0.3 is 6.03 Å². The van der Waals surface area contributed by atoms with Gasteiger partial charge < -0.3 is 24.8 Å². The molecule has 0 unspecified atom stereocenters. The van der Waals surface area contributed by atoms with Crippen molar-refractivity contribution in [2.24, 2.45) is 0 Å².